The maximum Gasteiger partial charge on any atom is 0.490 e. The Balaban J connectivity index is 0.000000351. The lowest BCUT2D eigenvalue weighted by molar-refractivity contribution is -0.192. The average Bonchev–Trinajstić information content (AvgIpc) is 3.06. The number of hydrogen-bond acceptors (Lipinski definition) is 3. The summed E-state index contributed by atoms with van der Waals surface area (Å²) >= 11 is 0. The van der Waals surface area contributed by atoms with E-state index in [1.807, 2.05) is 30.3 Å². The number of carbonyl (C=O) groups is 1. The van der Waals surface area contributed by atoms with Crippen LogP contribution in [0.15, 0.2) is 30.3 Å². The molecule has 1 saturated heterocycles. The fraction of sp³-hybridized carbons (Fsp3) is 0.588. The van der Waals surface area contributed by atoms with Crippen molar-refractivity contribution < 1.29 is 28.2 Å². The fourth-order valence-corrected chi connectivity index (χ4v) is 2.78. The molecule has 0 bridgehead atoms. The summed E-state index contributed by atoms with van der Waals surface area (Å²) in [7, 11) is 0. The molecule has 1 aromatic carbocycles. The largest absolute Gasteiger partial charge is 0.490 e. The summed E-state index contributed by atoms with van der Waals surface area (Å²) in [6.45, 7) is 4.49. The van der Waals surface area contributed by atoms with Gasteiger partial charge < -0.3 is 10.2 Å². The van der Waals surface area contributed by atoms with Gasteiger partial charge in [-0.25, -0.2) is 4.79 Å². The summed E-state index contributed by atoms with van der Waals surface area (Å²) in [5.74, 6) is -2.76. The van der Waals surface area contributed by atoms with Crippen LogP contribution in [0.3, 0.4) is 0 Å². The van der Waals surface area contributed by atoms with E-state index in [4.69, 9.17) is 9.90 Å². The summed E-state index contributed by atoms with van der Waals surface area (Å²) in [5, 5.41) is 17.7. The van der Waals surface area contributed by atoms with E-state index in [-0.39, 0.29) is 6.10 Å². The minimum Gasteiger partial charge on any atom is -0.475 e. The molecule has 0 radical (unpaired) electrons. The summed E-state index contributed by atoms with van der Waals surface area (Å²) in [6.07, 6.45) is -0.654. The van der Waals surface area contributed by atoms with Crippen molar-refractivity contribution in [3.63, 3.8) is 0 Å². The van der Waals surface area contributed by atoms with E-state index < -0.39 is 12.1 Å². The van der Waals surface area contributed by atoms with E-state index >= 15 is 0 Å². The first-order valence-corrected chi connectivity index (χ1v) is 8.04. The zero-order valence-corrected chi connectivity index (χ0v) is 13.7. The smallest absolute Gasteiger partial charge is 0.475 e. The van der Waals surface area contributed by atoms with Crippen LogP contribution in [0.4, 0.5) is 13.2 Å². The van der Waals surface area contributed by atoms with Crippen LogP contribution in [-0.2, 0) is 4.79 Å². The predicted octanol–water partition coefficient (Wildman–Crippen LogP) is 3.62. The van der Waals surface area contributed by atoms with E-state index in [2.05, 4.69) is 11.8 Å². The number of hydrogen-bond donors (Lipinski definition) is 2. The number of carboxylic acids is 1. The Labute approximate surface area is 139 Å². The van der Waals surface area contributed by atoms with E-state index in [0.29, 0.717) is 6.04 Å². The molecule has 1 aromatic rings. The van der Waals surface area contributed by atoms with Gasteiger partial charge in [0, 0.05) is 6.04 Å². The number of alkyl halides is 3. The number of nitrogens with zero attached hydrogens (tertiary/aromatic N) is 1. The predicted molar refractivity (Wildman–Crippen MR) is 84.6 cm³/mol. The molecule has 24 heavy (non-hydrogen) atoms. The van der Waals surface area contributed by atoms with Gasteiger partial charge in [-0.1, -0.05) is 43.7 Å². The van der Waals surface area contributed by atoms with Gasteiger partial charge in [-0.3, -0.25) is 4.90 Å². The number of carboxylic acid groups (broad SMARTS) is 1. The molecule has 0 saturated carbocycles. The molecule has 0 aromatic heterocycles. The highest BCUT2D eigenvalue weighted by atomic mass is 19.4. The molecule has 4 nitrogen and oxygen atoms in total. The van der Waals surface area contributed by atoms with Crippen molar-refractivity contribution in [3.05, 3.63) is 35.9 Å². The van der Waals surface area contributed by atoms with E-state index in [1.54, 1.807) is 0 Å². The number of likely N-dealkylation sites (tertiary alicyclic amines) is 1. The van der Waals surface area contributed by atoms with Crippen molar-refractivity contribution in [3.8, 4) is 0 Å². The molecule has 7 heteroatoms. The van der Waals surface area contributed by atoms with Gasteiger partial charge in [0.25, 0.3) is 0 Å². The van der Waals surface area contributed by atoms with Crippen molar-refractivity contribution in [2.24, 2.45) is 0 Å². The maximum atomic E-state index is 10.6. The maximum absolute atomic E-state index is 10.6. The highest BCUT2D eigenvalue weighted by Crippen LogP contribution is 2.27. The van der Waals surface area contributed by atoms with Gasteiger partial charge in [0.2, 0.25) is 0 Å². The number of aliphatic hydroxyl groups excluding tert-OH is 1. The first-order valence-electron chi connectivity index (χ1n) is 8.04. The molecule has 2 unspecified atom stereocenters. The number of aliphatic hydroxyl groups is 1. The SMILES string of the molecule is CCCC(C(O)c1ccccc1)N1CCCC1.O=C(O)C(F)(F)F. The van der Waals surface area contributed by atoms with Gasteiger partial charge >= 0.3 is 12.1 Å². The van der Waals surface area contributed by atoms with Crippen LogP contribution < -0.4 is 0 Å². The lowest BCUT2D eigenvalue weighted by Crippen LogP contribution is -2.37. The van der Waals surface area contributed by atoms with Crippen LogP contribution in [0.1, 0.15) is 44.3 Å². The van der Waals surface area contributed by atoms with Crippen molar-refractivity contribution in [2.75, 3.05) is 13.1 Å². The summed E-state index contributed by atoms with van der Waals surface area (Å²) < 4.78 is 31.7. The second kappa shape index (κ2) is 9.64. The van der Waals surface area contributed by atoms with Crippen LogP contribution in [0.2, 0.25) is 0 Å². The molecule has 2 rings (SSSR count). The molecule has 0 amide bonds. The molecule has 2 N–H and O–H groups in total. The van der Waals surface area contributed by atoms with Gasteiger partial charge in [0.15, 0.2) is 0 Å². The number of halogens is 3. The van der Waals surface area contributed by atoms with Gasteiger partial charge in [-0.2, -0.15) is 13.2 Å². The molecule has 1 aliphatic rings. The van der Waals surface area contributed by atoms with E-state index in [9.17, 15) is 18.3 Å². The Hall–Kier alpha value is -1.60. The summed E-state index contributed by atoms with van der Waals surface area (Å²) in [6, 6.07) is 10.4. The standard InChI is InChI=1S/C15H23NO.C2HF3O2/c1-2-8-14(16-11-6-7-12-16)15(17)13-9-4-3-5-10-13;3-2(4,5)1(6)7/h3-5,9-10,14-15,17H,2,6-8,11-12H2,1H3;(H,6,7). The van der Waals surface area contributed by atoms with E-state index in [0.717, 1.165) is 31.5 Å². The van der Waals surface area contributed by atoms with Gasteiger partial charge in [0.05, 0.1) is 6.10 Å². The van der Waals surface area contributed by atoms with Crippen molar-refractivity contribution in [2.45, 2.75) is 50.9 Å². The minimum absolute atomic E-state index is 0.296. The normalized spacial score (nSPS) is 17.7. The second-order valence-corrected chi connectivity index (χ2v) is 5.76. The Kier molecular flexibility index (Phi) is 8.21. The Morgan fingerprint density at radius 3 is 2.12 bits per heavy atom. The average molecular weight is 347 g/mol. The van der Waals surface area contributed by atoms with Crippen LogP contribution >= 0.6 is 0 Å². The molecule has 136 valence electrons. The van der Waals surface area contributed by atoms with E-state index in [1.165, 1.54) is 12.8 Å². The van der Waals surface area contributed by atoms with Crippen molar-refractivity contribution in [1.29, 1.82) is 0 Å². The molecule has 1 fully saturated rings. The summed E-state index contributed by atoms with van der Waals surface area (Å²) in [4.78, 5) is 11.4. The topological polar surface area (TPSA) is 60.8 Å². The third-order valence-electron chi connectivity index (χ3n) is 3.94. The van der Waals surface area contributed by atoms with Crippen LogP contribution in [-0.4, -0.2) is 46.4 Å². The molecule has 1 heterocycles. The highest BCUT2D eigenvalue weighted by molar-refractivity contribution is 5.73. The van der Waals surface area contributed by atoms with Crippen LogP contribution in [0.25, 0.3) is 0 Å². The third-order valence-corrected chi connectivity index (χ3v) is 3.94. The van der Waals surface area contributed by atoms with Crippen LogP contribution in [0.5, 0.6) is 0 Å². The quantitative estimate of drug-likeness (QED) is 0.854. The molecule has 0 spiro atoms. The number of aliphatic carboxylic acids is 1. The van der Waals surface area contributed by atoms with Crippen LogP contribution in [0, 0.1) is 0 Å². The molecule has 0 aliphatic carbocycles. The van der Waals surface area contributed by atoms with Gasteiger partial charge in [-0.15, -0.1) is 0 Å². The first-order chi connectivity index (χ1) is 11.3. The lowest BCUT2D eigenvalue weighted by Gasteiger charge is -2.31. The Bertz CT molecular complexity index is 488. The molecular formula is C17H24F3NO3. The number of benzene rings is 1. The third kappa shape index (κ3) is 6.49. The van der Waals surface area contributed by atoms with Crippen molar-refractivity contribution >= 4 is 5.97 Å². The number of rotatable bonds is 5. The first kappa shape index (κ1) is 20.4. The second-order valence-electron chi connectivity index (χ2n) is 5.76. The summed E-state index contributed by atoms with van der Waals surface area (Å²) in [5.41, 5.74) is 1.05. The zero-order chi connectivity index (χ0) is 18.2. The minimum atomic E-state index is -5.08. The Morgan fingerprint density at radius 1 is 1.21 bits per heavy atom. The zero-order valence-electron chi connectivity index (χ0n) is 13.7. The molecule has 2 atom stereocenters. The highest BCUT2D eigenvalue weighted by Gasteiger charge is 2.38. The monoisotopic (exact) mass is 347 g/mol. The Morgan fingerprint density at radius 2 is 1.71 bits per heavy atom. The lowest BCUT2D eigenvalue weighted by atomic mass is 9.97. The van der Waals surface area contributed by atoms with Gasteiger partial charge in [-0.05, 0) is 37.9 Å². The molecular weight excluding hydrogens is 323 g/mol. The van der Waals surface area contributed by atoms with Crippen molar-refractivity contribution in [1.82, 2.24) is 4.90 Å². The molecule has 1 aliphatic heterocycles. The fourth-order valence-electron chi connectivity index (χ4n) is 2.78. The van der Waals surface area contributed by atoms with Gasteiger partial charge in [0.1, 0.15) is 0 Å².